The Hall–Kier alpha value is -2.84. The highest BCUT2D eigenvalue weighted by Gasteiger charge is 2.17. The molecule has 0 bridgehead atoms. The third-order valence-electron chi connectivity index (χ3n) is 5.13. The van der Waals surface area contributed by atoms with Crippen LogP contribution in [0.25, 0.3) is 11.3 Å². The summed E-state index contributed by atoms with van der Waals surface area (Å²) in [6, 6.07) is 20.2. The van der Waals surface area contributed by atoms with Gasteiger partial charge in [0, 0.05) is 27.1 Å². The Balaban J connectivity index is 1.33. The summed E-state index contributed by atoms with van der Waals surface area (Å²) in [6.07, 6.45) is 0. The normalized spacial score (nSPS) is 11.7. The van der Waals surface area contributed by atoms with Gasteiger partial charge < -0.3 is 10.6 Å². The van der Waals surface area contributed by atoms with Crippen molar-refractivity contribution >= 4 is 68.9 Å². The highest BCUT2D eigenvalue weighted by Crippen LogP contribution is 2.31. The minimum Gasteiger partial charge on any atom is -0.322 e. The summed E-state index contributed by atoms with van der Waals surface area (Å²) < 4.78 is 0. The number of benzene rings is 3. The number of thiazole rings is 1. The monoisotopic (exact) mass is 541 g/mol. The molecule has 9 heteroatoms. The van der Waals surface area contributed by atoms with E-state index in [9.17, 15) is 9.59 Å². The van der Waals surface area contributed by atoms with Gasteiger partial charge in [0.2, 0.25) is 5.91 Å². The molecular weight excluding hydrogens is 521 g/mol. The maximum absolute atomic E-state index is 12.7. The molecule has 178 valence electrons. The van der Waals surface area contributed by atoms with Gasteiger partial charge in [-0.05, 0) is 61.9 Å². The first-order valence-corrected chi connectivity index (χ1v) is 13.2. The van der Waals surface area contributed by atoms with Gasteiger partial charge in [-0.1, -0.05) is 47.5 Å². The summed E-state index contributed by atoms with van der Waals surface area (Å²) in [4.78, 5) is 30.6. The number of aryl methyl sites for hydroxylation is 1. The van der Waals surface area contributed by atoms with Gasteiger partial charge in [-0.25, -0.2) is 4.98 Å². The summed E-state index contributed by atoms with van der Waals surface area (Å²) in [5, 5.41) is 8.73. The van der Waals surface area contributed by atoms with E-state index in [0.29, 0.717) is 32.1 Å². The summed E-state index contributed by atoms with van der Waals surface area (Å²) >= 11 is 14.8. The highest BCUT2D eigenvalue weighted by molar-refractivity contribution is 8.00. The Bertz CT molecular complexity index is 1370. The fourth-order valence-electron chi connectivity index (χ4n) is 3.23. The Labute approximate surface area is 221 Å². The quantitative estimate of drug-likeness (QED) is 0.234. The zero-order valence-corrected chi connectivity index (χ0v) is 22.0. The van der Waals surface area contributed by atoms with E-state index in [1.807, 2.05) is 67.8 Å². The van der Waals surface area contributed by atoms with Crippen molar-refractivity contribution in [3.8, 4) is 11.3 Å². The molecule has 4 aromatic rings. The second-order valence-electron chi connectivity index (χ2n) is 7.71. The molecule has 1 aromatic heterocycles. The van der Waals surface area contributed by atoms with Crippen molar-refractivity contribution in [1.29, 1.82) is 0 Å². The second-order valence-corrected chi connectivity index (χ2v) is 10.8. The molecule has 2 amide bonds. The Morgan fingerprint density at radius 2 is 1.71 bits per heavy atom. The minimum absolute atomic E-state index is 0.151. The van der Waals surface area contributed by atoms with E-state index in [-0.39, 0.29) is 17.1 Å². The first-order valence-electron chi connectivity index (χ1n) is 10.7. The molecule has 0 spiro atoms. The molecule has 3 aromatic carbocycles. The van der Waals surface area contributed by atoms with Crippen molar-refractivity contribution < 1.29 is 9.59 Å². The van der Waals surface area contributed by atoms with Gasteiger partial charge in [0.1, 0.15) is 0 Å². The molecule has 2 N–H and O–H groups in total. The number of hydrogen-bond donors (Lipinski definition) is 2. The average molecular weight is 543 g/mol. The largest absolute Gasteiger partial charge is 0.322 e. The molecule has 0 saturated heterocycles. The number of aromatic nitrogens is 1. The molecular formula is C26H21Cl2N3O2S2. The minimum atomic E-state index is -0.347. The van der Waals surface area contributed by atoms with E-state index in [1.165, 1.54) is 23.1 Å². The number of amides is 2. The molecule has 1 heterocycles. The zero-order chi connectivity index (χ0) is 24.9. The predicted molar refractivity (Wildman–Crippen MR) is 147 cm³/mol. The maximum atomic E-state index is 12.7. The van der Waals surface area contributed by atoms with Crippen LogP contribution < -0.4 is 10.6 Å². The molecule has 35 heavy (non-hydrogen) atoms. The molecule has 1 unspecified atom stereocenters. The van der Waals surface area contributed by atoms with Crippen molar-refractivity contribution in [3.63, 3.8) is 0 Å². The summed E-state index contributed by atoms with van der Waals surface area (Å²) in [6.45, 7) is 3.74. The van der Waals surface area contributed by atoms with Crippen LogP contribution in [-0.2, 0) is 4.79 Å². The number of thioether (sulfide) groups is 1. The van der Waals surface area contributed by atoms with Crippen molar-refractivity contribution in [2.24, 2.45) is 0 Å². The first-order chi connectivity index (χ1) is 16.8. The second kappa shape index (κ2) is 11.3. The van der Waals surface area contributed by atoms with E-state index in [2.05, 4.69) is 15.6 Å². The standard InChI is InChI=1S/C26H21Cl2N3O2S2/c1-15-5-3-4-6-20(15)25(33)29-18-8-10-19(11-9-18)35-16(2)24(32)31-26-30-23(14-34-26)17-7-12-21(27)22(28)13-17/h3-14,16H,1-2H3,(H,29,33)(H,30,31,32). The van der Waals surface area contributed by atoms with Gasteiger partial charge >= 0.3 is 0 Å². The van der Waals surface area contributed by atoms with E-state index >= 15 is 0 Å². The molecule has 0 aliphatic heterocycles. The Morgan fingerprint density at radius 3 is 2.43 bits per heavy atom. The van der Waals surface area contributed by atoms with Crippen LogP contribution in [0.5, 0.6) is 0 Å². The lowest BCUT2D eigenvalue weighted by molar-refractivity contribution is -0.115. The number of hydrogen-bond acceptors (Lipinski definition) is 5. The van der Waals surface area contributed by atoms with Crippen LogP contribution in [-0.4, -0.2) is 22.0 Å². The van der Waals surface area contributed by atoms with Crippen LogP contribution in [0.15, 0.2) is 77.0 Å². The number of carbonyl (C=O) groups excluding carboxylic acids is 2. The third-order valence-corrected chi connectivity index (χ3v) is 7.74. The van der Waals surface area contributed by atoms with E-state index in [4.69, 9.17) is 23.2 Å². The number of halogens is 2. The van der Waals surface area contributed by atoms with Crippen molar-refractivity contribution in [1.82, 2.24) is 4.98 Å². The lowest BCUT2D eigenvalue weighted by Crippen LogP contribution is -2.22. The van der Waals surface area contributed by atoms with Crippen LogP contribution in [0.2, 0.25) is 10.0 Å². The van der Waals surface area contributed by atoms with Crippen molar-refractivity contribution in [2.75, 3.05) is 10.6 Å². The van der Waals surface area contributed by atoms with Crippen LogP contribution in [0.3, 0.4) is 0 Å². The van der Waals surface area contributed by atoms with Crippen molar-refractivity contribution in [2.45, 2.75) is 24.0 Å². The Kier molecular flexibility index (Phi) is 8.13. The third kappa shape index (κ3) is 6.44. The van der Waals surface area contributed by atoms with E-state index in [0.717, 1.165) is 16.0 Å². The number of anilines is 2. The van der Waals surface area contributed by atoms with E-state index in [1.54, 1.807) is 18.2 Å². The molecule has 4 rings (SSSR count). The van der Waals surface area contributed by atoms with Gasteiger partial charge in [-0.15, -0.1) is 23.1 Å². The topological polar surface area (TPSA) is 71.1 Å². The molecule has 5 nitrogen and oxygen atoms in total. The lowest BCUT2D eigenvalue weighted by atomic mass is 10.1. The van der Waals surface area contributed by atoms with Crippen molar-refractivity contribution in [3.05, 3.63) is 93.3 Å². The summed E-state index contributed by atoms with van der Waals surface area (Å²) in [7, 11) is 0. The van der Waals surface area contributed by atoms with Gasteiger partial charge in [0.25, 0.3) is 5.91 Å². The predicted octanol–water partition coefficient (Wildman–Crippen LogP) is 7.80. The smallest absolute Gasteiger partial charge is 0.255 e. The lowest BCUT2D eigenvalue weighted by Gasteiger charge is -2.12. The van der Waals surface area contributed by atoms with Crippen LogP contribution in [0.4, 0.5) is 10.8 Å². The van der Waals surface area contributed by atoms with E-state index < -0.39 is 0 Å². The SMILES string of the molecule is Cc1ccccc1C(=O)Nc1ccc(SC(C)C(=O)Nc2nc(-c3ccc(Cl)c(Cl)c3)cs2)cc1. The number of rotatable bonds is 7. The highest BCUT2D eigenvalue weighted by atomic mass is 35.5. The molecule has 0 aliphatic carbocycles. The maximum Gasteiger partial charge on any atom is 0.255 e. The van der Waals surface area contributed by atoms with Gasteiger partial charge in [0.15, 0.2) is 5.13 Å². The molecule has 0 radical (unpaired) electrons. The number of carbonyl (C=O) groups is 2. The van der Waals surface area contributed by atoms with Gasteiger partial charge in [-0.3, -0.25) is 9.59 Å². The fraction of sp³-hybridized carbons (Fsp3) is 0.115. The number of nitrogens with zero attached hydrogens (tertiary/aromatic N) is 1. The molecule has 0 fully saturated rings. The van der Waals surface area contributed by atoms with Gasteiger partial charge in [0.05, 0.1) is 21.0 Å². The average Bonchev–Trinajstić information content (AvgIpc) is 3.30. The summed E-state index contributed by atoms with van der Waals surface area (Å²) in [5.74, 6) is -0.304. The van der Waals surface area contributed by atoms with Crippen LogP contribution in [0.1, 0.15) is 22.8 Å². The zero-order valence-electron chi connectivity index (χ0n) is 18.8. The number of nitrogens with one attached hydrogen (secondary N) is 2. The Morgan fingerprint density at radius 1 is 0.971 bits per heavy atom. The molecule has 1 atom stereocenters. The molecule has 0 aliphatic rings. The molecule has 0 saturated carbocycles. The first kappa shape index (κ1) is 25.3. The summed E-state index contributed by atoms with van der Waals surface area (Å²) in [5.41, 5.74) is 3.79. The fourth-order valence-corrected chi connectivity index (χ4v) is 5.11. The van der Waals surface area contributed by atoms with Gasteiger partial charge in [-0.2, -0.15) is 0 Å². The van der Waals surface area contributed by atoms with Crippen LogP contribution >= 0.6 is 46.3 Å². The van der Waals surface area contributed by atoms with Crippen LogP contribution in [0, 0.1) is 6.92 Å².